The van der Waals surface area contributed by atoms with E-state index in [0.29, 0.717) is 24.5 Å². The summed E-state index contributed by atoms with van der Waals surface area (Å²) >= 11 is 0. The van der Waals surface area contributed by atoms with Crippen LogP contribution in [0.3, 0.4) is 0 Å². The van der Waals surface area contributed by atoms with Gasteiger partial charge in [-0.3, -0.25) is 9.63 Å². The van der Waals surface area contributed by atoms with Crippen LogP contribution in [0.15, 0.2) is 84.9 Å². The molecule has 0 unspecified atom stereocenters. The second-order valence-corrected chi connectivity index (χ2v) is 5.50. The van der Waals surface area contributed by atoms with Crippen LogP contribution in [0.1, 0.15) is 21.5 Å². The Morgan fingerprint density at radius 2 is 1.28 bits per heavy atom. The number of hydrogen-bond donors (Lipinski definition) is 1. The van der Waals surface area contributed by atoms with E-state index in [4.69, 9.17) is 9.57 Å². The Kier molecular flexibility index (Phi) is 5.80. The van der Waals surface area contributed by atoms with Gasteiger partial charge in [-0.05, 0) is 35.4 Å². The first-order valence-electron chi connectivity index (χ1n) is 8.04. The average molecular weight is 333 g/mol. The lowest BCUT2D eigenvalue weighted by molar-refractivity contribution is 0.0233. The molecule has 0 saturated heterocycles. The highest BCUT2D eigenvalue weighted by Crippen LogP contribution is 2.14. The van der Waals surface area contributed by atoms with Crippen molar-refractivity contribution in [3.8, 4) is 5.75 Å². The van der Waals surface area contributed by atoms with Gasteiger partial charge < -0.3 is 4.74 Å². The number of carbonyl (C=O) groups is 1. The summed E-state index contributed by atoms with van der Waals surface area (Å²) in [5, 5.41) is 0. The molecule has 0 atom stereocenters. The number of rotatable bonds is 7. The van der Waals surface area contributed by atoms with Crippen LogP contribution < -0.4 is 10.2 Å². The molecule has 1 N–H and O–H groups in total. The fourth-order valence-corrected chi connectivity index (χ4v) is 2.26. The third-order valence-corrected chi connectivity index (χ3v) is 3.61. The maximum atomic E-state index is 12.0. The summed E-state index contributed by atoms with van der Waals surface area (Å²) in [6.45, 7) is 0.817. The Bertz CT molecular complexity index is 786. The Labute approximate surface area is 147 Å². The monoisotopic (exact) mass is 333 g/mol. The van der Waals surface area contributed by atoms with Crippen molar-refractivity contribution in [2.75, 3.05) is 0 Å². The lowest BCUT2D eigenvalue weighted by Gasteiger charge is -2.08. The van der Waals surface area contributed by atoms with Crippen LogP contribution in [-0.2, 0) is 18.1 Å². The minimum Gasteiger partial charge on any atom is -0.489 e. The molecule has 3 aromatic carbocycles. The second kappa shape index (κ2) is 8.66. The maximum absolute atomic E-state index is 12.0. The Morgan fingerprint density at radius 1 is 0.720 bits per heavy atom. The molecule has 3 aromatic rings. The molecule has 0 radical (unpaired) electrons. The zero-order valence-corrected chi connectivity index (χ0v) is 13.7. The normalized spacial score (nSPS) is 10.2. The minimum absolute atomic E-state index is 0.287. The second-order valence-electron chi connectivity index (χ2n) is 5.50. The number of nitrogens with one attached hydrogen (secondary N) is 1. The summed E-state index contributed by atoms with van der Waals surface area (Å²) in [7, 11) is 0. The summed E-state index contributed by atoms with van der Waals surface area (Å²) in [4.78, 5) is 17.3. The molecule has 0 aliphatic carbocycles. The molecule has 0 aliphatic heterocycles. The first kappa shape index (κ1) is 16.7. The van der Waals surface area contributed by atoms with E-state index in [9.17, 15) is 4.79 Å². The van der Waals surface area contributed by atoms with E-state index >= 15 is 0 Å². The SMILES string of the molecule is O=C(NOCc1ccccc1)c1ccc(OCc2ccccc2)cc1. The molecule has 4 heteroatoms. The van der Waals surface area contributed by atoms with Gasteiger partial charge >= 0.3 is 0 Å². The molecule has 126 valence electrons. The van der Waals surface area contributed by atoms with Crippen molar-refractivity contribution in [1.82, 2.24) is 5.48 Å². The van der Waals surface area contributed by atoms with E-state index in [-0.39, 0.29) is 5.91 Å². The zero-order valence-electron chi connectivity index (χ0n) is 13.7. The van der Waals surface area contributed by atoms with Gasteiger partial charge in [-0.1, -0.05) is 60.7 Å². The molecule has 0 aromatic heterocycles. The minimum atomic E-state index is -0.287. The summed E-state index contributed by atoms with van der Waals surface area (Å²) in [6, 6.07) is 26.5. The fraction of sp³-hybridized carbons (Fsp3) is 0.0952. The number of amides is 1. The predicted octanol–water partition coefficient (Wildman–Crippen LogP) is 4.13. The standard InChI is InChI=1S/C21H19NO3/c23-21(22-25-16-18-9-5-2-6-10-18)19-11-13-20(14-12-19)24-15-17-7-3-1-4-8-17/h1-14H,15-16H2,(H,22,23). The van der Waals surface area contributed by atoms with Crippen molar-refractivity contribution in [3.63, 3.8) is 0 Å². The van der Waals surface area contributed by atoms with Gasteiger partial charge in [-0.2, -0.15) is 0 Å². The molecule has 3 rings (SSSR count). The molecule has 0 spiro atoms. The zero-order chi connectivity index (χ0) is 17.3. The quantitative estimate of drug-likeness (QED) is 0.662. The van der Waals surface area contributed by atoms with Gasteiger partial charge in [-0.15, -0.1) is 0 Å². The molecular formula is C21H19NO3. The Hall–Kier alpha value is -3.11. The number of ether oxygens (including phenoxy) is 1. The van der Waals surface area contributed by atoms with Crippen LogP contribution in [0.5, 0.6) is 5.75 Å². The van der Waals surface area contributed by atoms with Crippen molar-refractivity contribution >= 4 is 5.91 Å². The molecule has 4 nitrogen and oxygen atoms in total. The third kappa shape index (κ3) is 5.19. The van der Waals surface area contributed by atoms with Gasteiger partial charge in [0.15, 0.2) is 0 Å². The highest BCUT2D eigenvalue weighted by molar-refractivity contribution is 5.93. The first-order chi connectivity index (χ1) is 12.3. The lowest BCUT2D eigenvalue weighted by Crippen LogP contribution is -2.23. The number of hydrogen-bond acceptors (Lipinski definition) is 3. The molecular weight excluding hydrogens is 314 g/mol. The van der Waals surface area contributed by atoms with Crippen molar-refractivity contribution in [2.45, 2.75) is 13.2 Å². The number of carbonyl (C=O) groups excluding carboxylic acids is 1. The Balaban J connectivity index is 1.47. The third-order valence-electron chi connectivity index (χ3n) is 3.61. The van der Waals surface area contributed by atoms with E-state index in [1.165, 1.54) is 0 Å². The van der Waals surface area contributed by atoms with E-state index in [1.54, 1.807) is 24.3 Å². The molecule has 0 fully saturated rings. The highest BCUT2D eigenvalue weighted by Gasteiger charge is 2.06. The van der Waals surface area contributed by atoms with Gasteiger partial charge in [-0.25, -0.2) is 5.48 Å². The number of hydroxylamine groups is 1. The van der Waals surface area contributed by atoms with Gasteiger partial charge in [0.25, 0.3) is 5.91 Å². The number of benzene rings is 3. The van der Waals surface area contributed by atoms with E-state index < -0.39 is 0 Å². The van der Waals surface area contributed by atoms with Crippen molar-refractivity contribution in [2.24, 2.45) is 0 Å². The molecule has 0 aliphatic rings. The van der Waals surface area contributed by atoms with Crippen LogP contribution in [0.2, 0.25) is 0 Å². The Morgan fingerprint density at radius 3 is 1.88 bits per heavy atom. The summed E-state index contributed by atoms with van der Waals surface area (Å²) in [6.07, 6.45) is 0. The van der Waals surface area contributed by atoms with E-state index in [0.717, 1.165) is 11.1 Å². The van der Waals surface area contributed by atoms with Crippen molar-refractivity contribution in [1.29, 1.82) is 0 Å². The summed E-state index contributed by atoms with van der Waals surface area (Å²) < 4.78 is 5.70. The van der Waals surface area contributed by atoms with Crippen molar-refractivity contribution in [3.05, 3.63) is 102 Å². The lowest BCUT2D eigenvalue weighted by atomic mass is 10.2. The van der Waals surface area contributed by atoms with Crippen LogP contribution >= 0.6 is 0 Å². The predicted molar refractivity (Wildman–Crippen MR) is 95.9 cm³/mol. The van der Waals surface area contributed by atoms with Crippen LogP contribution in [0.25, 0.3) is 0 Å². The van der Waals surface area contributed by atoms with E-state index in [1.807, 2.05) is 60.7 Å². The molecule has 0 bridgehead atoms. The molecule has 0 heterocycles. The van der Waals surface area contributed by atoms with Crippen LogP contribution in [-0.4, -0.2) is 5.91 Å². The van der Waals surface area contributed by atoms with Crippen LogP contribution in [0.4, 0.5) is 0 Å². The smallest absolute Gasteiger partial charge is 0.274 e. The molecule has 0 saturated carbocycles. The maximum Gasteiger partial charge on any atom is 0.274 e. The average Bonchev–Trinajstić information content (AvgIpc) is 2.68. The topological polar surface area (TPSA) is 47.6 Å². The summed E-state index contributed by atoms with van der Waals surface area (Å²) in [5.41, 5.74) is 5.05. The summed E-state index contributed by atoms with van der Waals surface area (Å²) in [5.74, 6) is 0.427. The highest BCUT2D eigenvalue weighted by atomic mass is 16.6. The van der Waals surface area contributed by atoms with E-state index in [2.05, 4.69) is 5.48 Å². The first-order valence-corrected chi connectivity index (χ1v) is 8.04. The molecule has 25 heavy (non-hydrogen) atoms. The van der Waals surface area contributed by atoms with Gasteiger partial charge in [0.1, 0.15) is 12.4 Å². The van der Waals surface area contributed by atoms with Crippen LogP contribution in [0, 0.1) is 0 Å². The van der Waals surface area contributed by atoms with Gasteiger partial charge in [0.2, 0.25) is 0 Å². The molecule has 1 amide bonds. The largest absolute Gasteiger partial charge is 0.489 e. The van der Waals surface area contributed by atoms with Gasteiger partial charge in [0.05, 0.1) is 6.61 Å². The van der Waals surface area contributed by atoms with Crippen molar-refractivity contribution < 1.29 is 14.4 Å². The van der Waals surface area contributed by atoms with Gasteiger partial charge in [0, 0.05) is 5.56 Å². The fourth-order valence-electron chi connectivity index (χ4n) is 2.26.